The molecule has 0 aromatic rings. The second-order valence-electron chi connectivity index (χ2n) is 22.6. The van der Waals surface area contributed by atoms with Gasteiger partial charge in [-0.25, -0.2) is 9.13 Å². The molecule has 4 rings (SSSR count). The molecular weight excluding hydrogens is 1310 g/mol. The van der Waals surface area contributed by atoms with Crippen molar-refractivity contribution in [2.75, 3.05) is 72.8 Å². The molecule has 0 radical (unpaired) electrons. The summed E-state index contributed by atoms with van der Waals surface area (Å²) >= 11 is 4.13. The minimum absolute atomic E-state index is 0.204. The summed E-state index contributed by atoms with van der Waals surface area (Å²) < 4.78 is 103. The molecule has 3 saturated heterocycles. The first-order valence-electron chi connectivity index (χ1n) is 29.4. The van der Waals surface area contributed by atoms with Crippen molar-refractivity contribution in [3.05, 3.63) is 0 Å². The van der Waals surface area contributed by atoms with Crippen LogP contribution in [0, 0.1) is 11.8 Å². The fourth-order valence-electron chi connectivity index (χ4n) is 10.3. The van der Waals surface area contributed by atoms with Crippen LogP contribution in [0.1, 0.15) is 46.5 Å². The highest BCUT2D eigenvalue weighted by Gasteiger charge is 2.57. The molecule has 92 heavy (non-hydrogen) atoms. The molecule has 3 aliphatic heterocycles. The molecule has 1 saturated carbocycles. The van der Waals surface area contributed by atoms with Crippen molar-refractivity contribution in [3.63, 3.8) is 0 Å². The average molecular weight is 1410 g/mol. The SMILES string of the molecule is COC(OC1C(CO)OC(OC2C(O)C(O)C(O)C(O)C2OP(=O)(O)OCCCCCCS)C(N)C1O)C(O)C(O)C(OC1OC(CO)C(O)C(O)C1NC(C)=O)C(C)COC(OC)C(OC1OC(COP(=O)(O)OCCN)C(O)C(O)C1O)C(O)C(O)C(C)CO. The number of aliphatic hydroxyl groups excluding tert-OH is 17. The van der Waals surface area contributed by atoms with E-state index in [-0.39, 0.29) is 19.6 Å². The van der Waals surface area contributed by atoms with Gasteiger partial charge in [0, 0.05) is 46.1 Å². The summed E-state index contributed by atoms with van der Waals surface area (Å²) in [5, 5.41) is 190. The van der Waals surface area contributed by atoms with E-state index >= 15 is 0 Å². The van der Waals surface area contributed by atoms with Gasteiger partial charge in [-0.05, 0) is 18.6 Å². The molecule has 1 aliphatic carbocycles. The Morgan fingerprint density at radius 1 is 0.576 bits per heavy atom. The summed E-state index contributed by atoms with van der Waals surface area (Å²) in [5.74, 6) is -2.81. The molecule has 0 bridgehead atoms. The second kappa shape index (κ2) is 39.0. The highest BCUT2D eigenvalue weighted by molar-refractivity contribution is 7.80. The van der Waals surface area contributed by atoms with Crippen molar-refractivity contribution < 1.29 is 176 Å². The van der Waals surface area contributed by atoms with Crippen LogP contribution in [-0.4, -0.2) is 353 Å². The van der Waals surface area contributed by atoms with Gasteiger partial charge in [-0.3, -0.25) is 22.9 Å². The predicted octanol–water partition coefficient (Wildman–Crippen LogP) is -10.1. The van der Waals surface area contributed by atoms with Crippen LogP contribution in [-0.2, 0) is 79.4 Å². The summed E-state index contributed by atoms with van der Waals surface area (Å²) in [7, 11) is -8.10. The average Bonchev–Trinajstić information content (AvgIpc) is 0.787. The maximum atomic E-state index is 13.1. The summed E-state index contributed by atoms with van der Waals surface area (Å²) in [5.41, 5.74) is 11.7. The number of hydrogen-bond donors (Lipinski definition) is 23. The molecule has 24 N–H and O–H groups in total. The Morgan fingerprint density at radius 2 is 1.12 bits per heavy atom. The number of phosphoric acid groups is 2. The summed E-state index contributed by atoms with van der Waals surface area (Å²) in [4.78, 5) is 33.2. The van der Waals surface area contributed by atoms with E-state index in [1.54, 1.807) is 0 Å². The number of carbonyl (C=O) groups is 1. The maximum absolute atomic E-state index is 13.1. The first-order chi connectivity index (χ1) is 43.2. The van der Waals surface area contributed by atoms with Crippen LogP contribution in [0.3, 0.4) is 0 Å². The van der Waals surface area contributed by atoms with Crippen molar-refractivity contribution in [2.45, 2.75) is 224 Å². The third-order valence-corrected chi connectivity index (χ3v) is 18.0. The van der Waals surface area contributed by atoms with Crippen molar-refractivity contribution in [1.29, 1.82) is 0 Å². The first-order valence-corrected chi connectivity index (χ1v) is 33.1. The predicted molar refractivity (Wildman–Crippen MR) is 306 cm³/mol. The number of phosphoric ester groups is 2. The van der Waals surface area contributed by atoms with E-state index in [0.717, 1.165) is 27.6 Å². The van der Waals surface area contributed by atoms with Crippen LogP contribution in [0.15, 0.2) is 0 Å². The van der Waals surface area contributed by atoms with E-state index in [4.69, 9.17) is 72.4 Å². The van der Waals surface area contributed by atoms with Gasteiger partial charge in [0.15, 0.2) is 31.5 Å². The number of ether oxygens (including phenoxy) is 10. The van der Waals surface area contributed by atoms with Crippen LogP contribution in [0.25, 0.3) is 0 Å². The van der Waals surface area contributed by atoms with Crippen molar-refractivity contribution in [3.8, 4) is 0 Å². The molecule has 33 atom stereocenters. The summed E-state index contributed by atoms with van der Waals surface area (Å²) in [6.45, 7) is -2.04. The van der Waals surface area contributed by atoms with Gasteiger partial charge in [0.1, 0.15) is 128 Å². The van der Waals surface area contributed by atoms with E-state index in [1.165, 1.54) is 13.8 Å². The zero-order valence-electron chi connectivity index (χ0n) is 51.0. The fourth-order valence-corrected chi connectivity index (χ4v) is 12.2. The highest BCUT2D eigenvalue weighted by Crippen LogP contribution is 2.48. The van der Waals surface area contributed by atoms with E-state index < -0.39 is 251 Å². The molecule has 39 nitrogen and oxygen atoms in total. The Hall–Kier alpha value is -1.12. The lowest BCUT2D eigenvalue weighted by Crippen LogP contribution is -2.69. The third-order valence-electron chi connectivity index (χ3n) is 15.7. The lowest BCUT2D eigenvalue weighted by molar-refractivity contribution is -0.345. The Labute approximate surface area is 534 Å². The van der Waals surface area contributed by atoms with E-state index in [0.29, 0.717) is 18.6 Å². The smallest absolute Gasteiger partial charge is 0.396 e. The standard InChI is InChI=1S/C50H97N3O36P2S/c1-19(14-54)27(58)35(66)45(88-49-39(70)32(63)29(60)24(84-49)18-81-90(72,73)80-12-10-51)50(77-5)78-17-20(2)41(85-47-26(53-21(3)57)31(62)28(59)22(15-55)82-47)38(69)40(71)48(76-4)86-42-23(16-56)83-46(25(52)30(42)61)87-43-36(67)33(64)34(65)37(68)44(43)89-91(74,75)79-11-8-6-7-9-13-92/h19-20,22-50,54-56,58-71,92H,6-18,51-52H2,1-5H3,(H,53,57)(H,72,73)(H,74,75). The Bertz CT molecular complexity index is 2220. The Balaban J connectivity index is 1.67. The van der Waals surface area contributed by atoms with E-state index in [2.05, 4.69) is 22.5 Å². The van der Waals surface area contributed by atoms with E-state index in [9.17, 15) is 111 Å². The zero-order chi connectivity index (χ0) is 69.3. The zero-order valence-corrected chi connectivity index (χ0v) is 53.7. The molecule has 42 heteroatoms. The Kier molecular flexibility index (Phi) is 35.3. The normalized spacial score (nSPS) is 37.8. The molecule has 4 fully saturated rings. The number of carbonyl (C=O) groups excluding carboxylic acids is 1. The van der Waals surface area contributed by atoms with Gasteiger partial charge in [0.25, 0.3) is 0 Å². The lowest BCUT2D eigenvalue weighted by Gasteiger charge is -2.48. The van der Waals surface area contributed by atoms with E-state index in [1.807, 2.05) is 0 Å². The third kappa shape index (κ3) is 22.4. The van der Waals surface area contributed by atoms with Gasteiger partial charge in [0.05, 0.1) is 57.9 Å². The van der Waals surface area contributed by atoms with Gasteiger partial charge in [-0.1, -0.05) is 26.7 Å². The van der Waals surface area contributed by atoms with Crippen LogP contribution < -0.4 is 16.8 Å². The van der Waals surface area contributed by atoms with Gasteiger partial charge in [0.2, 0.25) is 5.91 Å². The molecule has 0 aromatic heterocycles. The lowest BCUT2D eigenvalue weighted by atomic mass is 9.84. The van der Waals surface area contributed by atoms with Crippen LogP contribution in [0.5, 0.6) is 0 Å². The molecular formula is C50H97N3O36P2S. The maximum Gasteiger partial charge on any atom is 0.472 e. The largest absolute Gasteiger partial charge is 0.472 e. The first kappa shape index (κ1) is 83.3. The highest BCUT2D eigenvalue weighted by atomic mass is 32.1. The molecule has 3 heterocycles. The number of thiol groups is 1. The molecule has 4 aliphatic rings. The number of unbranched alkanes of at least 4 members (excludes halogenated alkanes) is 3. The quantitative estimate of drug-likeness (QED) is 0.0117. The van der Waals surface area contributed by atoms with Gasteiger partial charge < -0.3 is 161 Å². The van der Waals surface area contributed by atoms with Gasteiger partial charge in [-0.2, -0.15) is 12.6 Å². The molecule has 1 amide bonds. The molecule has 0 aromatic carbocycles. The number of aliphatic hydroxyl groups is 17. The second-order valence-corrected chi connectivity index (χ2v) is 26.0. The number of methoxy groups -OCH3 is 2. The number of amides is 1. The minimum atomic E-state index is -5.15. The number of nitrogens with two attached hydrogens (primary N) is 2. The van der Waals surface area contributed by atoms with Gasteiger partial charge >= 0.3 is 15.6 Å². The monoisotopic (exact) mass is 1410 g/mol. The van der Waals surface area contributed by atoms with Crippen LogP contribution in [0.2, 0.25) is 0 Å². The van der Waals surface area contributed by atoms with Crippen LogP contribution in [0.4, 0.5) is 0 Å². The van der Waals surface area contributed by atoms with Gasteiger partial charge in [-0.15, -0.1) is 0 Å². The minimum Gasteiger partial charge on any atom is -0.396 e. The summed E-state index contributed by atoms with van der Waals surface area (Å²) in [6.07, 6.45) is -53.7. The number of rotatable bonds is 40. The summed E-state index contributed by atoms with van der Waals surface area (Å²) in [6, 6.07) is -3.59. The van der Waals surface area contributed by atoms with Crippen molar-refractivity contribution in [1.82, 2.24) is 5.32 Å². The molecule has 33 unspecified atom stereocenters. The van der Waals surface area contributed by atoms with Crippen molar-refractivity contribution in [2.24, 2.45) is 23.3 Å². The fraction of sp³-hybridized carbons (Fsp3) is 0.980. The topological polar surface area (TPSA) is 629 Å². The number of hydrogen-bond acceptors (Lipinski definition) is 37. The molecule has 544 valence electrons. The molecule has 0 spiro atoms. The number of nitrogens with one attached hydrogen (secondary N) is 1. The Morgan fingerprint density at radius 3 is 1.70 bits per heavy atom. The van der Waals surface area contributed by atoms with Crippen molar-refractivity contribution >= 4 is 34.2 Å². The van der Waals surface area contributed by atoms with Crippen LogP contribution >= 0.6 is 28.3 Å².